The Kier molecular flexibility index (Phi) is 37.1. The Balaban J connectivity index is 2.29. The van der Waals surface area contributed by atoms with Gasteiger partial charge in [-0.1, -0.05) is 213 Å². The van der Waals surface area contributed by atoms with Gasteiger partial charge in [-0.05, 0) is 12.8 Å². The summed E-state index contributed by atoms with van der Waals surface area (Å²) in [7, 11) is -5.11. The summed E-state index contributed by atoms with van der Waals surface area (Å²) >= 11 is 0. The number of aliphatic hydroxyl groups excluding tert-OH is 5. The van der Waals surface area contributed by atoms with Gasteiger partial charge in [0.1, 0.15) is 43.2 Å². The molecule has 1 saturated carbocycles. The van der Waals surface area contributed by atoms with Gasteiger partial charge in [0.15, 0.2) is 6.10 Å². The largest absolute Gasteiger partial charge is 0.472 e. The van der Waals surface area contributed by atoms with E-state index in [-0.39, 0.29) is 12.8 Å². The Morgan fingerprint density at radius 3 is 1.06 bits per heavy atom. The number of carbonyl (C=O) groups excluding carboxylic acids is 2. The van der Waals surface area contributed by atoms with Crippen molar-refractivity contribution in [1.29, 1.82) is 0 Å². The second-order valence-corrected chi connectivity index (χ2v) is 19.4. The molecule has 0 aromatic rings. The highest BCUT2D eigenvalue weighted by molar-refractivity contribution is 7.47. The third kappa shape index (κ3) is 30.9. The summed E-state index contributed by atoms with van der Waals surface area (Å²) in [5.41, 5.74) is 0. The van der Waals surface area contributed by atoms with Crippen LogP contribution in [0.2, 0.25) is 0 Å². The highest BCUT2D eigenvalue weighted by atomic mass is 31.2. The molecule has 6 unspecified atom stereocenters. The lowest BCUT2D eigenvalue weighted by Gasteiger charge is -2.41. The third-order valence-electron chi connectivity index (χ3n) is 12.2. The molecule has 0 aromatic carbocycles. The lowest BCUT2D eigenvalue weighted by atomic mass is 9.85. The minimum Gasteiger partial charge on any atom is -0.462 e. The van der Waals surface area contributed by atoms with Gasteiger partial charge in [-0.3, -0.25) is 18.6 Å². The number of rotatable bonds is 43. The molecule has 0 spiro atoms. The van der Waals surface area contributed by atoms with Crippen LogP contribution in [0, 0.1) is 0 Å². The Hall–Kier alpha value is -1.15. The normalized spacial score (nSPS) is 21.7. The molecule has 6 N–H and O–H groups in total. The number of carbonyl (C=O) groups is 2. The van der Waals surface area contributed by atoms with Crippen LogP contribution >= 0.6 is 7.82 Å². The molecule has 0 amide bonds. The molecule has 0 saturated heterocycles. The van der Waals surface area contributed by atoms with E-state index in [1.54, 1.807) is 0 Å². The number of esters is 2. The van der Waals surface area contributed by atoms with E-state index in [1.165, 1.54) is 161 Å². The molecule has 0 bridgehead atoms. The number of hydrogen-bond donors (Lipinski definition) is 6. The standard InChI is InChI=1S/C48H93O13P/c1-3-5-7-9-11-13-14-15-16-17-18-19-20-21-22-23-24-25-26-27-29-31-33-35-37-42(50)60-40(38-58-41(49)36-34-32-30-28-12-10-8-6-4-2)39-59-62(56,57)61-48-46(54)44(52)43(51)45(53)47(48)55/h40,43-48,51-55H,3-39H2,1-2H3,(H,56,57). The zero-order valence-corrected chi connectivity index (χ0v) is 40.1. The van der Waals surface area contributed by atoms with Crippen LogP contribution in [0.3, 0.4) is 0 Å². The minimum absolute atomic E-state index is 0.105. The van der Waals surface area contributed by atoms with Crippen molar-refractivity contribution in [2.75, 3.05) is 13.2 Å². The van der Waals surface area contributed by atoms with Gasteiger partial charge in [0.25, 0.3) is 0 Å². The van der Waals surface area contributed by atoms with E-state index in [4.69, 9.17) is 18.5 Å². The van der Waals surface area contributed by atoms with Gasteiger partial charge >= 0.3 is 19.8 Å². The summed E-state index contributed by atoms with van der Waals surface area (Å²) in [6.07, 6.45) is 27.6. The van der Waals surface area contributed by atoms with Crippen LogP contribution in [0.25, 0.3) is 0 Å². The fourth-order valence-electron chi connectivity index (χ4n) is 8.11. The lowest BCUT2D eigenvalue weighted by Crippen LogP contribution is -2.64. The van der Waals surface area contributed by atoms with Crippen molar-refractivity contribution in [3.05, 3.63) is 0 Å². The van der Waals surface area contributed by atoms with E-state index in [0.29, 0.717) is 12.8 Å². The number of ether oxygens (including phenoxy) is 2. The molecule has 0 heterocycles. The summed E-state index contributed by atoms with van der Waals surface area (Å²) in [5, 5.41) is 50.1. The summed E-state index contributed by atoms with van der Waals surface area (Å²) < 4.78 is 33.5. The summed E-state index contributed by atoms with van der Waals surface area (Å²) in [4.78, 5) is 35.6. The first-order valence-electron chi connectivity index (χ1n) is 25.3. The van der Waals surface area contributed by atoms with E-state index < -0.39 is 75.7 Å². The zero-order valence-electron chi connectivity index (χ0n) is 39.2. The van der Waals surface area contributed by atoms with Crippen molar-refractivity contribution in [3.8, 4) is 0 Å². The van der Waals surface area contributed by atoms with Crippen LogP contribution in [0.1, 0.15) is 239 Å². The average Bonchev–Trinajstić information content (AvgIpc) is 3.25. The molecular formula is C48H93O13P. The highest BCUT2D eigenvalue weighted by Gasteiger charge is 2.51. The maximum Gasteiger partial charge on any atom is 0.472 e. The van der Waals surface area contributed by atoms with Gasteiger partial charge in [-0.25, -0.2) is 4.57 Å². The molecule has 14 heteroatoms. The number of phosphoric acid groups is 1. The Morgan fingerprint density at radius 2 is 0.726 bits per heavy atom. The monoisotopic (exact) mass is 909 g/mol. The number of unbranched alkanes of at least 4 members (excludes halogenated alkanes) is 31. The van der Waals surface area contributed by atoms with Crippen LogP contribution in [-0.4, -0.2) is 98.3 Å². The molecule has 0 radical (unpaired) electrons. The van der Waals surface area contributed by atoms with Crippen LogP contribution in [-0.2, 0) is 32.7 Å². The van der Waals surface area contributed by atoms with Gasteiger partial charge in [0.2, 0.25) is 0 Å². The first-order valence-corrected chi connectivity index (χ1v) is 26.8. The van der Waals surface area contributed by atoms with E-state index >= 15 is 0 Å². The van der Waals surface area contributed by atoms with E-state index in [2.05, 4.69) is 13.8 Å². The first kappa shape index (κ1) is 58.9. The SMILES string of the molecule is CCCCCCCCCCCCCCCCCCCCCCCCCCC(=O)OC(COC(=O)CCCCCCCCCCC)COP(=O)(O)OC1C(O)C(O)C(O)C(O)C1O. The van der Waals surface area contributed by atoms with E-state index in [9.17, 15) is 44.6 Å². The molecule has 368 valence electrons. The number of phosphoric ester groups is 1. The van der Waals surface area contributed by atoms with Gasteiger partial charge in [-0.2, -0.15) is 0 Å². The van der Waals surface area contributed by atoms with Crippen LogP contribution in [0.15, 0.2) is 0 Å². The Bertz CT molecular complexity index is 1100. The van der Waals surface area contributed by atoms with Gasteiger partial charge < -0.3 is 39.9 Å². The average molecular weight is 909 g/mol. The van der Waals surface area contributed by atoms with Gasteiger partial charge in [-0.15, -0.1) is 0 Å². The predicted molar refractivity (Wildman–Crippen MR) is 244 cm³/mol. The van der Waals surface area contributed by atoms with E-state index in [0.717, 1.165) is 38.5 Å². The van der Waals surface area contributed by atoms with Crippen molar-refractivity contribution in [3.63, 3.8) is 0 Å². The smallest absolute Gasteiger partial charge is 0.462 e. The molecule has 0 aliphatic heterocycles. The van der Waals surface area contributed by atoms with Crippen LogP contribution < -0.4 is 0 Å². The number of aliphatic hydroxyl groups is 5. The molecule has 1 rings (SSSR count). The Morgan fingerprint density at radius 1 is 0.435 bits per heavy atom. The second-order valence-electron chi connectivity index (χ2n) is 18.0. The summed E-state index contributed by atoms with van der Waals surface area (Å²) in [6.45, 7) is 3.30. The van der Waals surface area contributed by atoms with Crippen molar-refractivity contribution in [2.45, 2.75) is 281 Å². The molecule has 0 aromatic heterocycles. The fourth-order valence-corrected chi connectivity index (χ4v) is 9.09. The molecule has 6 atom stereocenters. The van der Waals surface area contributed by atoms with Crippen molar-refractivity contribution in [2.24, 2.45) is 0 Å². The van der Waals surface area contributed by atoms with Crippen molar-refractivity contribution in [1.82, 2.24) is 0 Å². The lowest BCUT2D eigenvalue weighted by molar-refractivity contribution is -0.220. The molecule has 1 aliphatic carbocycles. The summed E-state index contributed by atoms with van der Waals surface area (Å²) in [6, 6.07) is 0. The maximum atomic E-state index is 12.8. The molecule has 13 nitrogen and oxygen atoms in total. The topological polar surface area (TPSA) is 210 Å². The van der Waals surface area contributed by atoms with E-state index in [1.807, 2.05) is 0 Å². The van der Waals surface area contributed by atoms with Gasteiger partial charge in [0, 0.05) is 12.8 Å². The maximum absolute atomic E-state index is 12.8. The second kappa shape index (κ2) is 39.1. The fraction of sp³-hybridized carbons (Fsp3) is 0.958. The minimum atomic E-state index is -5.11. The molecular weight excluding hydrogens is 815 g/mol. The quantitative estimate of drug-likeness (QED) is 0.0191. The van der Waals surface area contributed by atoms with Crippen LogP contribution in [0.4, 0.5) is 0 Å². The predicted octanol–water partition coefficient (Wildman–Crippen LogP) is 10.5. The van der Waals surface area contributed by atoms with Gasteiger partial charge in [0.05, 0.1) is 6.61 Å². The molecule has 62 heavy (non-hydrogen) atoms. The zero-order chi connectivity index (χ0) is 45.7. The summed E-state index contributed by atoms with van der Waals surface area (Å²) in [5.74, 6) is -1.09. The molecule has 1 aliphatic rings. The van der Waals surface area contributed by atoms with Crippen molar-refractivity contribution >= 4 is 19.8 Å². The van der Waals surface area contributed by atoms with Crippen molar-refractivity contribution < 1.29 is 63.1 Å². The molecule has 1 fully saturated rings. The number of hydrogen-bond acceptors (Lipinski definition) is 12. The van der Waals surface area contributed by atoms with Crippen LogP contribution in [0.5, 0.6) is 0 Å². The third-order valence-corrected chi connectivity index (χ3v) is 13.2. The Labute approximate surface area is 376 Å². The highest BCUT2D eigenvalue weighted by Crippen LogP contribution is 2.47. The first-order chi connectivity index (χ1) is 29.9.